The number of esters is 2. The number of carbonyl (C=O) groups excluding carboxylic acids is 2. The van der Waals surface area contributed by atoms with Gasteiger partial charge in [0.2, 0.25) is 0 Å². The first-order valence-corrected chi connectivity index (χ1v) is 13.2. The number of benzene rings is 2. The number of rotatable bonds is 7. The van der Waals surface area contributed by atoms with Crippen LogP contribution in [-0.4, -0.2) is 29.7 Å². The first-order valence-electron chi connectivity index (χ1n) is 11.6. The van der Waals surface area contributed by atoms with Gasteiger partial charge in [0.05, 0.1) is 35.1 Å². The Labute approximate surface area is 225 Å². The van der Waals surface area contributed by atoms with Crippen LogP contribution in [0, 0.1) is 0 Å². The van der Waals surface area contributed by atoms with Crippen LogP contribution < -0.4 is 24.4 Å². The third-order valence-electron chi connectivity index (χ3n) is 5.52. The van der Waals surface area contributed by atoms with E-state index >= 15 is 0 Å². The number of aromatic nitrogens is 1. The lowest BCUT2D eigenvalue weighted by Gasteiger charge is -2.25. The molecule has 0 N–H and O–H groups in total. The number of allylic oxidation sites excluding steroid dienone is 1. The number of nitrogens with zero attached hydrogens (tertiary/aromatic N) is 2. The molecular formula is C27H25BrN2O6S. The Kier molecular flexibility index (Phi) is 8.09. The van der Waals surface area contributed by atoms with E-state index in [1.807, 2.05) is 31.2 Å². The molecule has 1 aromatic heterocycles. The van der Waals surface area contributed by atoms with E-state index in [-0.39, 0.29) is 23.5 Å². The van der Waals surface area contributed by atoms with Crippen molar-refractivity contribution in [2.45, 2.75) is 33.7 Å². The summed E-state index contributed by atoms with van der Waals surface area (Å²) >= 11 is 4.67. The van der Waals surface area contributed by atoms with Crippen molar-refractivity contribution in [3.05, 3.63) is 89.0 Å². The van der Waals surface area contributed by atoms with Crippen molar-refractivity contribution >= 4 is 45.3 Å². The number of ether oxygens (including phenoxy) is 3. The second-order valence-corrected chi connectivity index (χ2v) is 10.0. The van der Waals surface area contributed by atoms with Crippen molar-refractivity contribution in [3.8, 4) is 11.5 Å². The first kappa shape index (κ1) is 26.6. The average molecular weight is 585 g/mol. The van der Waals surface area contributed by atoms with Crippen LogP contribution in [-0.2, 0) is 14.3 Å². The van der Waals surface area contributed by atoms with Crippen LogP contribution in [0.3, 0.4) is 0 Å². The maximum atomic E-state index is 13.7. The Balaban J connectivity index is 1.94. The third kappa shape index (κ3) is 5.60. The topological polar surface area (TPSA) is 96.2 Å². The fourth-order valence-electron chi connectivity index (χ4n) is 4.02. The van der Waals surface area contributed by atoms with Gasteiger partial charge >= 0.3 is 11.9 Å². The third-order valence-corrected chi connectivity index (χ3v) is 7.03. The van der Waals surface area contributed by atoms with E-state index in [2.05, 4.69) is 20.9 Å². The van der Waals surface area contributed by atoms with E-state index in [4.69, 9.17) is 14.2 Å². The van der Waals surface area contributed by atoms with Crippen molar-refractivity contribution in [1.82, 2.24) is 4.57 Å². The van der Waals surface area contributed by atoms with Crippen molar-refractivity contribution in [2.24, 2.45) is 4.99 Å². The van der Waals surface area contributed by atoms with Gasteiger partial charge in [0.15, 0.2) is 16.3 Å². The van der Waals surface area contributed by atoms with Gasteiger partial charge in [-0.15, -0.1) is 0 Å². The number of hydrogen-bond acceptors (Lipinski definition) is 8. The molecule has 0 fully saturated rings. The van der Waals surface area contributed by atoms with Crippen LogP contribution in [0.5, 0.6) is 11.5 Å². The molecule has 1 unspecified atom stereocenters. The van der Waals surface area contributed by atoms with Gasteiger partial charge in [-0.25, -0.2) is 9.79 Å². The van der Waals surface area contributed by atoms with Gasteiger partial charge in [0, 0.05) is 11.4 Å². The predicted molar refractivity (Wildman–Crippen MR) is 143 cm³/mol. The summed E-state index contributed by atoms with van der Waals surface area (Å²) in [7, 11) is 0. The molecule has 0 saturated carbocycles. The molecule has 1 atom stereocenters. The van der Waals surface area contributed by atoms with Gasteiger partial charge < -0.3 is 14.2 Å². The highest BCUT2D eigenvalue weighted by molar-refractivity contribution is 9.10. The van der Waals surface area contributed by atoms with Gasteiger partial charge in [0.25, 0.3) is 5.56 Å². The summed E-state index contributed by atoms with van der Waals surface area (Å²) in [5.41, 5.74) is 1.88. The van der Waals surface area contributed by atoms with Crippen LogP contribution in [0.2, 0.25) is 0 Å². The van der Waals surface area contributed by atoms with Crippen LogP contribution in [0.25, 0.3) is 6.08 Å². The second-order valence-electron chi connectivity index (χ2n) is 8.09. The normalized spacial score (nSPS) is 15.2. The van der Waals surface area contributed by atoms with Crippen molar-refractivity contribution in [1.29, 1.82) is 0 Å². The van der Waals surface area contributed by atoms with E-state index < -0.39 is 18.0 Å². The molecule has 1 aliphatic rings. The highest BCUT2D eigenvalue weighted by Gasteiger charge is 2.34. The molecule has 0 bridgehead atoms. The predicted octanol–water partition coefficient (Wildman–Crippen LogP) is 3.88. The minimum Gasteiger partial charge on any atom is -0.490 e. The summed E-state index contributed by atoms with van der Waals surface area (Å²) in [5.74, 6) is -0.472. The highest BCUT2D eigenvalue weighted by atomic mass is 79.9. The molecule has 4 rings (SSSR count). The molecule has 3 aromatic rings. The monoisotopic (exact) mass is 584 g/mol. The summed E-state index contributed by atoms with van der Waals surface area (Å²) in [6, 6.07) is 11.8. The summed E-state index contributed by atoms with van der Waals surface area (Å²) in [5, 5.41) is 0. The van der Waals surface area contributed by atoms with E-state index in [0.29, 0.717) is 33.0 Å². The number of hydrogen-bond donors (Lipinski definition) is 0. The molecule has 10 heteroatoms. The number of carbonyl (C=O) groups is 2. The zero-order valence-corrected chi connectivity index (χ0v) is 23.1. The largest absolute Gasteiger partial charge is 0.490 e. The molecule has 0 aliphatic carbocycles. The summed E-state index contributed by atoms with van der Waals surface area (Å²) in [6.07, 6.45) is 1.80. The molecule has 0 spiro atoms. The van der Waals surface area contributed by atoms with Crippen molar-refractivity contribution in [3.63, 3.8) is 0 Å². The zero-order chi connectivity index (χ0) is 26.7. The average Bonchev–Trinajstić information content (AvgIpc) is 3.15. The quantitative estimate of drug-likeness (QED) is 0.309. The second kappa shape index (κ2) is 11.3. The lowest BCUT2D eigenvalue weighted by molar-refractivity contribution is -0.139. The number of halogens is 1. The Hall–Kier alpha value is -3.50. The molecular weight excluding hydrogens is 560 g/mol. The van der Waals surface area contributed by atoms with E-state index in [0.717, 1.165) is 10.0 Å². The summed E-state index contributed by atoms with van der Waals surface area (Å²) in [4.78, 5) is 43.5. The van der Waals surface area contributed by atoms with Gasteiger partial charge in [0.1, 0.15) is 0 Å². The number of thiazole rings is 1. The lowest BCUT2D eigenvalue weighted by atomic mass is 9.95. The van der Waals surface area contributed by atoms with E-state index in [1.54, 1.807) is 38.1 Å². The van der Waals surface area contributed by atoms with Crippen molar-refractivity contribution < 1.29 is 23.8 Å². The zero-order valence-electron chi connectivity index (χ0n) is 20.7. The Morgan fingerprint density at radius 1 is 1.11 bits per heavy atom. The lowest BCUT2D eigenvalue weighted by Crippen LogP contribution is -2.40. The van der Waals surface area contributed by atoms with Gasteiger partial charge in [-0.3, -0.25) is 14.2 Å². The smallest absolute Gasteiger partial charge is 0.338 e. The van der Waals surface area contributed by atoms with Crippen LogP contribution in [0.15, 0.2) is 68.0 Å². The molecule has 0 amide bonds. The van der Waals surface area contributed by atoms with Gasteiger partial charge in [-0.2, -0.15) is 0 Å². The Bertz CT molecular complexity index is 1570. The minimum atomic E-state index is -0.812. The molecule has 0 saturated heterocycles. The Morgan fingerprint density at radius 3 is 2.49 bits per heavy atom. The van der Waals surface area contributed by atoms with Crippen molar-refractivity contribution in [2.75, 3.05) is 13.2 Å². The van der Waals surface area contributed by atoms with E-state index in [1.165, 1.54) is 22.8 Å². The van der Waals surface area contributed by atoms with Gasteiger partial charge in [-0.1, -0.05) is 45.5 Å². The molecule has 2 aromatic carbocycles. The van der Waals surface area contributed by atoms with Crippen LogP contribution in [0.1, 0.15) is 44.9 Å². The molecule has 192 valence electrons. The maximum absolute atomic E-state index is 13.7. The fourth-order valence-corrected chi connectivity index (χ4v) is 5.33. The summed E-state index contributed by atoms with van der Waals surface area (Å²) < 4.78 is 19.3. The SMILES string of the molecule is CCOC(=O)C1=C(C)N=c2sc(=Cc3ccc(Br)cc3)c(=O)n2C1c1ccc(OC(C)=O)c(OCC)c1. The van der Waals surface area contributed by atoms with E-state index in [9.17, 15) is 14.4 Å². The molecule has 0 radical (unpaired) electrons. The summed E-state index contributed by atoms with van der Waals surface area (Å²) in [6.45, 7) is 7.06. The maximum Gasteiger partial charge on any atom is 0.338 e. The van der Waals surface area contributed by atoms with Crippen LogP contribution >= 0.6 is 27.3 Å². The molecule has 37 heavy (non-hydrogen) atoms. The minimum absolute atomic E-state index is 0.173. The van der Waals surface area contributed by atoms with Crippen LogP contribution in [0.4, 0.5) is 0 Å². The molecule has 2 heterocycles. The molecule has 8 nitrogen and oxygen atoms in total. The first-order chi connectivity index (χ1) is 17.7. The highest BCUT2D eigenvalue weighted by Crippen LogP contribution is 2.36. The fraction of sp³-hybridized carbons (Fsp3) is 0.259. The standard InChI is InChI=1S/C27H25BrN2O6S/c1-5-34-21-14-18(9-12-20(21)36-16(4)31)24-23(26(33)35-6-2)15(3)29-27-30(24)25(32)22(37-27)13-17-7-10-19(28)11-8-17/h7-14,24H,5-6H2,1-4H3. The Morgan fingerprint density at radius 2 is 1.84 bits per heavy atom. The number of fused-ring (bicyclic) bond motifs is 1. The molecule has 1 aliphatic heterocycles. The van der Waals surface area contributed by atoms with Gasteiger partial charge in [-0.05, 0) is 62.2 Å².